The summed E-state index contributed by atoms with van der Waals surface area (Å²) in [5, 5.41) is 0. The number of fused-ring (bicyclic) bond motifs is 1. The van der Waals surface area contributed by atoms with E-state index in [0.717, 1.165) is 37.0 Å². The number of ketones is 1. The number of hydrogen-bond donors (Lipinski definition) is 0. The summed E-state index contributed by atoms with van der Waals surface area (Å²) in [6.45, 7) is 2.46. The van der Waals surface area contributed by atoms with Crippen LogP contribution in [-0.2, 0) is 14.3 Å². The van der Waals surface area contributed by atoms with E-state index < -0.39 is 0 Å². The fourth-order valence-electron chi connectivity index (χ4n) is 4.38. The first-order valence-corrected chi connectivity index (χ1v) is 9.05. The molecule has 3 atom stereocenters. The second-order valence-corrected chi connectivity index (χ2v) is 6.92. The van der Waals surface area contributed by atoms with Gasteiger partial charge >= 0.3 is 0 Å². The van der Waals surface area contributed by atoms with E-state index in [4.69, 9.17) is 9.47 Å². The van der Waals surface area contributed by atoms with Crippen molar-refractivity contribution in [1.29, 1.82) is 0 Å². The lowest BCUT2D eigenvalue weighted by atomic mass is 9.77. The highest BCUT2D eigenvalue weighted by atomic mass is 16.5. The number of rotatable bonds is 3. The highest BCUT2D eigenvalue weighted by Gasteiger charge is 2.51. The molecule has 1 aromatic rings. The predicted octanol–water partition coefficient (Wildman–Crippen LogP) is 3.01. The molecule has 5 nitrogen and oxygen atoms in total. The summed E-state index contributed by atoms with van der Waals surface area (Å²) >= 11 is 0. The highest BCUT2D eigenvalue weighted by Crippen LogP contribution is 2.46. The molecule has 0 aromatic heterocycles. The van der Waals surface area contributed by atoms with Crippen molar-refractivity contribution in [2.24, 2.45) is 5.92 Å². The Hall–Kier alpha value is -2.30. The van der Waals surface area contributed by atoms with Gasteiger partial charge in [0, 0.05) is 6.54 Å². The van der Waals surface area contributed by atoms with E-state index in [1.54, 1.807) is 12.0 Å². The number of benzene rings is 1. The first kappa shape index (κ1) is 16.2. The second kappa shape index (κ2) is 6.21. The maximum absolute atomic E-state index is 13.2. The van der Waals surface area contributed by atoms with Crippen LogP contribution < -0.4 is 4.74 Å². The zero-order chi connectivity index (χ0) is 17.6. The smallest absolute Gasteiger partial charge is 0.290 e. The molecule has 5 heteroatoms. The zero-order valence-corrected chi connectivity index (χ0v) is 14.7. The van der Waals surface area contributed by atoms with Crippen molar-refractivity contribution in [1.82, 2.24) is 4.90 Å². The molecule has 25 heavy (non-hydrogen) atoms. The van der Waals surface area contributed by atoms with Crippen LogP contribution >= 0.6 is 0 Å². The van der Waals surface area contributed by atoms with Crippen LogP contribution in [0.3, 0.4) is 0 Å². The fourth-order valence-corrected chi connectivity index (χ4v) is 4.38. The molecule has 4 rings (SSSR count). The number of Topliss-reactive ketones (excluding diaryl/α,β-unsaturated/α-hetero) is 1. The molecule has 1 aliphatic carbocycles. The molecule has 0 bridgehead atoms. The molecule has 2 aliphatic heterocycles. The van der Waals surface area contributed by atoms with Crippen molar-refractivity contribution in [2.45, 2.75) is 44.8 Å². The molecule has 3 unspecified atom stereocenters. The third-order valence-electron chi connectivity index (χ3n) is 5.61. The quantitative estimate of drug-likeness (QED) is 0.848. The molecular weight excluding hydrogens is 318 g/mol. The van der Waals surface area contributed by atoms with Gasteiger partial charge in [-0.25, -0.2) is 0 Å². The number of carbonyl (C=O) groups is 2. The lowest BCUT2D eigenvalue weighted by Gasteiger charge is -2.35. The van der Waals surface area contributed by atoms with Crippen molar-refractivity contribution in [3.63, 3.8) is 0 Å². The number of ether oxygens (including phenoxy) is 2. The van der Waals surface area contributed by atoms with Gasteiger partial charge in [-0.3, -0.25) is 9.59 Å². The molecule has 1 fully saturated rings. The van der Waals surface area contributed by atoms with Crippen molar-refractivity contribution < 1.29 is 19.1 Å². The SMILES string of the molecule is CCN1C(=O)C2=C(C(=O)C3CCCCC3O2)C1c1cccc(OC)c1. The van der Waals surface area contributed by atoms with E-state index in [1.807, 2.05) is 31.2 Å². The van der Waals surface area contributed by atoms with Gasteiger partial charge in [0.15, 0.2) is 11.5 Å². The zero-order valence-electron chi connectivity index (χ0n) is 14.7. The van der Waals surface area contributed by atoms with Crippen molar-refractivity contribution >= 4 is 11.7 Å². The van der Waals surface area contributed by atoms with E-state index in [1.165, 1.54) is 0 Å². The third kappa shape index (κ3) is 2.44. The first-order chi connectivity index (χ1) is 12.2. The summed E-state index contributed by atoms with van der Waals surface area (Å²) in [5.74, 6) is 0.827. The molecule has 0 spiro atoms. The summed E-state index contributed by atoms with van der Waals surface area (Å²) in [5.41, 5.74) is 1.44. The van der Waals surface area contributed by atoms with Crippen LogP contribution in [0.25, 0.3) is 0 Å². The van der Waals surface area contributed by atoms with E-state index in [9.17, 15) is 9.59 Å². The minimum absolute atomic E-state index is 0.100. The van der Waals surface area contributed by atoms with Crippen LogP contribution in [0.5, 0.6) is 5.75 Å². The molecule has 0 radical (unpaired) electrons. The first-order valence-electron chi connectivity index (χ1n) is 9.05. The molecule has 3 aliphatic rings. The number of nitrogens with zero attached hydrogens (tertiary/aromatic N) is 1. The van der Waals surface area contributed by atoms with Crippen LogP contribution in [0.2, 0.25) is 0 Å². The van der Waals surface area contributed by atoms with Crippen LogP contribution in [0.4, 0.5) is 0 Å². The van der Waals surface area contributed by atoms with Crippen LogP contribution in [0.15, 0.2) is 35.6 Å². The summed E-state index contributed by atoms with van der Waals surface area (Å²) in [6, 6.07) is 7.22. The van der Waals surface area contributed by atoms with Gasteiger partial charge in [-0.2, -0.15) is 0 Å². The Morgan fingerprint density at radius 3 is 2.80 bits per heavy atom. The maximum Gasteiger partial charge on any atom is 0.290 e. The van der Waals surface area contributed by atoms with E-state index in [-0.39, 0.29) is 35.5 Å². The second-order valence-electron chi connectivity index (χ2n) is 6.92. The Kier molecular flexibility index (Phi) is 4.02. The van der Waals surface area contributed by atoms with Crippen molar-refractivity contribution in [2.75, 3.05) is 13.7 Å². The van der Waals surface area contributed by atoms with Crippen molar-refractivity contribution in [3.05, 3.63) is 41.2 Å². The number of likely N-dealkylation sites (N-methyl/N-ethyl adjacent to an activating group) is 1. The molecule has 0 N–H and O–H groups in total. The predicted molar refractivity (Wildman–Crippen MR) is 92.0 cm³/mol. The lowest BCUT2D eigenvalue weighted by molar-refractivity contribution is -0.135. The van der Waals surface area contributed by atoms with Crippen LogP contribution in [0.1, 0.15) is 44.2 Å². The molecule has 1 saturated carbocycles. The Bertz CT molecular complexity index is 754. The minimum atomic E-state index is -0.377. The minimum Gasteiger partial charge on any atom is -0.497 e. The number of carbonyl (C=O) groups excluding carboxylic acids is 2. The number of methoxy groups -OCH3 is 1. The number of hydrogen-bond acceptors (Lipinski definition) is 4. The average molecular weight is 341 g/mol. The van der Waals surface area contributed by atoms with E-state index in [2.05, 4.69) is 0 Å². The van der Waals surface area contributed by atoms with Gasteiger partial charge in [-0.15, -0.1) is 0 Å². The van der Waals surface area contributed by atoms with Gasteiger partial charge in [0.25, 0.3) is 5.91 Å². The summed E-state index contributed by atoms with van der Waals surface area (Å²) in [6.07, 6.45) is 3.68. The Morgan fingerprint density at radius 2 is 2.04 bits per heavy atom. The molecular formula is C20H23NO4. The molecule has 2 heterocycles. The normalized spacial score (nSPS) is 28.6. The lowest BCUT2D eigenvalue weighted by Crippen LogP contribution is -2.39. The van der Waals surface area contributed by atoms with Gasteiger partial charge in [-0.05, 0) is 43.9 Å². The van der Waals surface area contributed by atoms with Gasteiger partial charge < -0.3 is 14.4 Å². The molecule has 1 aromatic carbocycles. The third-order valence-corrected chi connectivity index (χ3v) is 5.61. The fraction of sp³-hybridized carbons (Fsp3) is 0.500. The number of amides is 1. The highest BCUT2D eigenvalue weighted by molar-refractivity contribution is 6.11. The monoisotopic (exact) mass is 341 g/mol. The maximum atomic E-state index is 13.2. The largest absolute Gasteiger partial charge is 0.497 e. The molecule has 132 valence electrons. The van der Waals surface area contributed by atoms with E-state index in [0.29, 0.717) is 12.1 Å². The standard InChI is InChI=1S/C20H23NO4/c1-3-21-17(12-7-6-8-13(11-12)24-2)16-18(22)14-9-4-5-10-15(14)25-19(16)20(21)23/h6-8,11,14-15,17H,3-5,9-10H2,1-2H3. The summed E-state index contributed by atoms with van der Waals surface area (Å²) < 4.78 is 11.4. The summed E-state index contributed by atoms with van der Waals surface area (Å²) in [4.78, 5) is 27.9. The van der Waals surface area contributed by atoms with Gasteiger partial charge in [-0.1, -0.05) is 18.6 Å². The van der Waals surface area contributed by atoms with Crippen molar-refractivity contribution in [3.8, 4) is 5.75 Å². The topological polar surface area (TPSA) is 55.8 Å². The Balaban J connectivity index is 1.80. The Labute approximate surface area is 147 Å². The molecule has 0 saturated heterocycles. The van der Waals surface area contributed by atoms with E-state index >= 15 is 0 Å². The summed E-state index contributed by atoms with van der Waals surface area (Å²) in [7, 11) is 1.61. The van der Waals surface area contributed by atoms with Gasteiger partial charge in [0.2, 0.25) is 0 Å². The van der Waals surface area contributed by atoms with Gasteiger partial charge in [0.1, 0.15) is 11.9 Å². The molecule has 1 amide bonds. The average Bonchev–Trinajstić information content (AvgIpc) is 2.94. The van der Waals surface area contributed by atoms with Gasteiger partial charge in [0.05, 0.1) is 24.6 Å². The Morgan fingerprint density at radius 1 is 1.24 bits per heavy atom. The van der Waals surface area contributed by atoms with Crippen LogP contribution in [0, 0.1) is 5.92 Å². The van der Waals surface area contributed by atoms with Crippen LogP contribution in [-0.4, -0.2) is 36.3 Å².